The summed E-state index contributed by atoms with van der Waals surface area (Å²) >= 11 is 0. The van der Waals surface area contributed by atoms with E-state index in [0.29, 0.717) is 6.42 Å². The molecule has 94 valence electrons. The van der Waals surface area contributed by atoms with Gasteiger partial charge in [0.15, 0.2) is 0 Å². The Kier molecular flexibility index (Phi) is 4.97. The number of hydrogen-bond acceptors (Lipinski definition) is 3. The van der Waals surface area contributed by atoms with Crippen LogP contribution in [0.5, 0.6) is 0 Å². The van der Waals surface area contributed by atoms with Crippen LogP contribution >= 0.6 is 0 Å². The fraction of sp³-hybridized carbons (Fsp3) is 0.462. The van der Waals surface area contributed by atoms with Crippen LogP contribution in [0.25, 0.3) is 0 Å². The Hall–Kier alpha value is -1.55. The highest BCUT2D eigenvalue weighted by atomic mass is 16.3. The molecular weight excluding hydrogens is 216 g/mol. The van der Waals surface area contributed by atoms with Gasteiger partial charge in [0.2, 0.25) is 5.91 Å². The number of anilines is 1. The minimum absolute atomic E-state index is 0.0479. The van der Waals surface area contributed by atoms with Gasteiger partial charge in [-0.15, -0.1) is 0 Å². The number of benzene rings is 1. The van der Waals surface area contributed by atoms with Crippen molar-refractivity contribution >= 4 is 11.6 Å². The van der Waals surface area contributed by atoms with Gasteiger partial charge in [0, 0.05) is 25.3 Å². The smallest absolute Gasteiger partial charge is 0.239 e. The summed E-state index contributed by atoms with van der Waals surface area (Å²) in [4.78, 5) is 13.2. The maximum Gasteiger partial charge on any atom is 0.239 e. The van der Waals surface area contributed by atoms with Gasteiger partial charge in [-0.1, -0.05) is 25.1 Å². The summed E-state index contributed by atoms with van der Waals surface area (Å²) < 4.78 is 0. The van der Waals surface area contributed by atoms with Crippen LogP contribution in [-0.2, 0) is 4.79 Å². The van der Waals surface area contributed by atoms with E-state index in [4.69, 9.17) is 0 Å². The molecule has 0 heterocycles. The van der Waals surface area contributed by atoms with Gasteiger partial charge in [-0.25, -0.2) is 0 Å². The summed E-state index contributed by atoms with van der Waals surface area (Å²) in [6.07, 6.45) is 0.170. The zero-order valence-electron chi connectivity index (χ0n) is 10.6. The summed E-state index contributed by atoms with van der Waals surface area (Å²) in [6, 6.07) is 7.61. The van der Waals surface area contributed by atoms with Crippen molar-refractivity contribution in [2.75, 3.05) is 25.5 Å². The third-order valence-electron chi connectivity index (χ3n) is 2.75. The Morgan fingerprint density at radius 1 is 1.47 bits per heavy atom. The minimum atomic E-state index is -0.488. The molecule has 0 aliphatic carbocycles. The van der Waals surface area contributed by atoms with Crippen LogP contribution in [0.2, 0.25) is 0 Å². The number of nitrogens with zero attached hydrogens (tertiary/aromatic N) is 1. The number of likely N-dealkylation sites (N-methyl/N-ethyl adjacent to an activating group) is 2. The van der Waals surface area contributed by atoms with Gasteiger partial charge in [0.05, 0.1) is 12.6 Å². The molecule has 2 N–H and O–H groups in total. The number of aliphatic hydroxyl groups is 1. The lowest BCUT2D eigenvalue weighted by Gasteiger charge is -2.23. The first-order valence-corrected chi connectivity index (χ1v) is 5.78. The van der Waals surface area contributed by atoms with Crippen LogP contribution in [-0.4, -0.2) is 31.7 Å². The first kappa shape index (κ1) is 13.5. The van der Waals surface area contributed by atoms with Crippen LogP contribution < -0.4 is 10.2 Å². The average molecular weight is 236 g/mol. The second-order valence-corrected chi connectivity index (χ2v) is 4.01. The quantitative estimate of drug-likeness (QED) is 0.810. The number of rotatable bonds is 5. The topological polar surface area (TPSA) is 52.6 Å². The molecular formula is C13H20N2O2. The highest BCUT2D eigenvalue weighted by Crippen LogP contribution is 2.27. The van der Waals surface area contributed by atoms with E-state index in [1.54, 1.807) is 7.05 Å². The fourth-order valence-electron chi connectivity index (χ4n) is 1.72. The van der Waals surface area contributed by atoms with Gasteiger partial charge in [-0.05, 0) is 12.5 Å². The third kappa shape index (κ3) is 3.46. The number of carbonyl (C=O) groups excluding carboxylic acids is 1. The lowest BCUT2D eigenvalue weighted by atomic mass is 10.0. The van der Waals surface area contributed by atoms with E-state index >= 15 is 0 Å². The molecule has 1 aromatic rings. The van der Waals surface area contributed by atoms with E-state index in [9.17, 15) is 9.90 Å². The van der Waals surface area contributed by atoms with Crippen molar-refractivity contribution in [3.8, 4) is 0 Å². The van der Waals surface area contributed by atoms with Crippen molar-refractivity contribution in [3.05, 3.63) is 29.8 Å². The molecule has 0 saturated heterocycles. The van der Waals surface area contributed by atoms with E-state index < -0.39 is 6.10 Å². The molecule has 1 aromatic carbocycles. The zero-order valence-corrected chi connectivity index (χ0v) is 10.6. The average Bonchev–Trinajstić information content (AvgIpc) is 2.37. The molecule has 0 bridgehead atoms. The molecule has 17 heavy (non-hydrogen) atoms. The van der Waals surface area contributed by atoms with Crippen molar-refractivity contribution in [2.45, 2.75) is 19.4 Å². The molecule has 0 aliphatic rings. The summed E-state index contributed by atoms with van der Waals surface area (Å²) in [7, 11) is 3.46. The summed E-state index contributed by atoms with van der Waals surface area (Å²) in [6.45, 7) is 2.21. The Morgan fingerprint density at radius 3 is 2.71 bits per heavy atom. The first-order valence-electron chi connectivity index (χ1n) is 5.78. The van der Waals surface area contributed by atoms with Gasteiger partial charge >= 0.3 is 0 Å². The summed E-state index contributed by atoms with van der Waals surface area (Å²) in [5, 5.41) is 12.5. The van der Waals surface area contributed by atoms with E-state index in [-0.39, 0.29) is 12.5 Å². The SMILES string of the molecule is CC[C@H](O)c1ccccc1N(C)CC(=O)NC. The molecule has 1 rings (SSSR count). The van der Waals surface area contributed by atoms with Crippen molar-refractivity contribution in [1.82, 2.24) is 5.32 Å². The third-order valence-corrected chi connectivity index (χ3v) is 2.75. The number of hydrogen-bond donors (Lipinski definition) is 2. The monoisotopic (exact) mass is 236 g/mol. The number of nitrogens with one attached hydrogen (secondary N) is 1. The molecule has 1 amide bonds. The normalized spacial score (nSPS) is 12.0. The number of carbonyl (C=O) groups is 1. The molecule has 0 saturated carbocycles. The molecule has 4 nitrogen and oxygen atoms in total. The molecule has 0 aliphatic heterocycles. The van der Waals surface area contributed by atoms with E-state index in [1.165, 1.54) is 0 Å². The van der Waals surface area contributed by atoms with Crippen LogP contribution in [0.4, 0.5) is 5.69 Å². The zero-order chi connectivity index (χ0) is 12.8. The summed E-state index contributed by atoms with van der Waals surface area (Å²) in [5.41, 5.74) is 1.76. The Bertz CT molecular complexity index is 379. The van der Waals surface area contributed by atoms with E-state index in [2.05, 4.69) is 5.32 Å². The maximum absolute atomic E-state index is 11.3. The lowest BCUT2D eigenvalue weighted by Crippen LogP contribution is -2.33. The molecule has 0 aromatic heterocycles. The Morgan fingerprint density at radius 2 is 2.12 bits per heavy atom. The van der Waals surface area contributed by atoms with Crippen molar-refractivity contribution in [1.29, 1.82) is 0 Å². The standard InChI is InChI=1S/C13H20N2O2/c1-4-12(16)10-7-5-6-8-11(10)15(3)9-13(17)14-2/h5-8,12,16H,4,9H2,1-3H3,(H,14,17)/t12-/m0/s1. The Labute approximate surface area is 102 Å². The van der Waals surface area contributed by atoms with Crippen molar-refractivity contribution in [3.63, 3.8) is 0 Å². The maximum atomic E-state index is 11.3. The summed E-state index contributed by atoms with van der Waals surface area (Å²) in [5.74, 6) is -0.0479. The van der Waals surface area contributed by atoms with Crippen LogP contribution in [0.3, 0.4) is 0 Å². The van der Waals surface area contributed by atoms with Gasteiger partial charge < -0.3 is 15.3 Å². The van der Waals surface area contributed by atoms with E-state index in [1.807, 2.05) is 43.1 Å². The molecule has 0 spiro atoms. The number of para-hydroxylation sites is 1. The van der Waals surface area contributed by atoms with Crippen LogP contribution in [0.15, 0.2) is 24.3 Å². The van der Waals surface area contributed by atoms with Gasteiger partial charge in [-0.2, -0.15) is 0 Å². The van der Waals surface area contributed by atoms with Gasteiger partial charge in [0.1, 0.15) is 0 Å². The Balaban J connectivity index is 2.92. The predicted octanol–water partition coefficient (Wildman–Crippen LogP) is 1.31. The van der Waals surface area contributed by atoms with Gasteiger partial charge in [-0.3, -0.25) is 4.79 Å². The minimum Gasteiger partial charge on any atom is -0.388 e. The van der Waals surface area contributed by atoms with E-state index in [0.717, 1.165) is 11.3 Å². The molecule has 4 heteroatoms. The van der Waals surface area contributed by atoms with Crippen molar-refractivity contribution in [2.24, 2.45) is 0 Å². The molecule has 0 unspecified atom stereocenters. The first-order chi connectivity index (χ1) is 8.10. The highest BCUT2D eigenvalue weighted by Gasteiger charge is 2.14. The lowest BCUT2D eigenvalue weighted by molar-refractivity contribution is -0.119. The second-order valence-electron chi connectivity index (χ2n) is 4.01. The van der Waals surface area contributed by atoms with Crippen LogP contribution in [0.1, 0.15) is 25.0 Å². The highest BCUT2D eigenvalue weighted by molar-refractivity contribution is 5.81. The van der Waals surface area contributed by atoms with Crippen LogP contribution in [0, 0.1) is 0 Å². The van der Waals surface area contributed by atoms with Gasteiger partial charge in [0.25, 0.3) is 0 Å². The number of amides is 1. The molecule has 0 fully saturated rings. The molecule has 1 atom stereocenters. The number of aliphatic hydroxyl groups excluding tert-OH is 1. The fourth-order valence-corrected chi connectivity index (χ4v) is 1.72. The molecule has 0 radical (unpaired) electrons. The van der Waals surface area contributed by atoms with Crippen molar-refractivity contribution < 1.29 is 9.90 Å². The largest absolute Gasteiger partial charge is 0.388 e. The predicted molar refractivity (Wildman–Crippen MR) is 69.0 cm³/mol. The second kappa shape index (κ2) is 6.25.